The maximum absolute atomic E-state index is 13.1. The van der Waals surface area contributed by atoms with Crippen LogP contribution in [0.25, 0.3) is 0 Å². The average Bonchev–Trinajstić information content (AvgIpc) is 3.28. The van der Waals surface area contributed by atoms with Crippen LogP contribution in [-0.4, -0.2) is 33.8 Å². The fourth-order valence-corrected chi connectivity index (χ4v) is 4.94. The molecule has 9 heteroatoms. The van der Waals surface area contributed by atoms with Crippen molar-refractivity contribution in [3.05, 3.63) is 77.4 Å². The van der Waals surface area contributed by atoms with E-state index in [1.54, 1.807) is 6.20 Å². The second-order valence-corrected chi connectivity index (χ2v) is 8.75. The minimum atomic E-state index is -0.00689. The van der Waals surface area contributed by atoms with Gasteiger partial charge in [0.1, 0.15) is 11.5 Å². The lowest BCUT2D eigenvalue weighted by Gasteiger charge is -2.40. The Hall–Kier alpha value is -2.87. The first kappa shape index (κ1) is 26.7. The average molecular weight is 516 g/mol. The first-order valence-electron chi connectivity index (χ1n) is 11.6. The van der Waals surface area contributed by atoms with Crippen molar-refractivity contribution in [1.29, 1.82) is 0 Å². The van der Waals surface area contributed by atoms with Gasteiger partial charge in [0.15, 0.2) is 0 Å². The number of aromatic nitrogens is 2. The number of amides is 1. The Morgan fingerprint density at radius 1 is 1.11 bits per heavy atom. The summed E-state index contributed by atoms with van der Waals surface area (Å²) >= 11 is 0. The Labute approximate surface area is 218 Å². The second kappa shape index (κ2) is 11.2. The molecule has 3 heterocycles. The number of halogens is 2. The molecule has 0 unspecified atom stereocenters. The van der Waals surface area contributed by atoms with Crippen molar-refractivity contribution in [3.63, 3.8) is 0 Å². The highest BCUT2D eigenvalue weighted by atomic mass is 35.5. The van der Waals surface area contributed by atoms with E-state index in [1.807, 2.05) is 58.9 Å². The topological polar surface area (TPSA) is 79.3 Å². The normalized spacial score (nSPS) is 18.4. The van der Waals surface area contributed by atoms with Gasteiger partial charge in [-0.1, -0.05) is 25.1 Å². The van der Waals surface area contributed by atoms with Crippen molar-refractivity contribution in [2.24, 2.45) is 0 Å². The molecule has 0 saturated carbocycles. The smallest absolute Gasteiger partial charge is 0.226 e. The monoisotopic (exact) mass is 515 g/mol. The maximum atomic E-state index is 13.1. The predicted octanol–water partition coefficient (Wildman–Crippen LogP) is 4.75. The van der Waals surface area contributed by atoms with Crippen LogP contribution in [0.15, 0.2) is 54.7 Å². The minimum Gasteiger partial charge on any atom is -0.378 e. The molecule has 0 fully saturated rings. The Bertz CT molecular complexity index is 1190. The van der Waals surface area contributed by atoms with E-state index in [0.717, 1.165) is 42.3 Å². The molecule has 35 heavy (non-hydrogen) atoms. The molecule has 5 rings (SSSR count). The van der Waals surface area contributed by atoms with Gasteiger partial charge in [-0.2, -0.15) is 0 Å². The highest BCUT2D eigenvalue weighted by Crippen LogP contribution is 2.39. The lowest BCUT2D eigenvalue weighted by Crippen LogP contribution is -2.44. The molecule has 0 aliphatic carbocycles. The third kappa shape index (κ3) is 5.08. The Morgan fingerprint density at radius 3 is 2.60 bits per heavy atom. The van der Waals surface area contributed by atoms with Crippen LogP contribution in [0.4, 0.5) is 11.4 Å². The van der Waals surface area contributed by atoms with Gasteiger partial charge in [-0.15, -0.1) is 24.8 Å². The Kier molecular flexibility index (Phi) is 8.59. The van der Waals surface area contributed by atoms with Crippen molar-refractivity contribution in [2.45, 2.75) is 51.9 Å². The fourth-order valence-electron chi connectivity index (χ4n) is 4.94. The van der Waals surface area contributed by atoms with Crippen LogP contribution in [0.2, 0.25) is 0 Å². The summed E-state index contributed by atoms with van der Waals surface area (Å²) in [4.78, 5) is 32.0. The molecule has 1 amide bonds. The zero-order valence-electron chi connectivity index (χ0n) is 19.9. The molecule has 2 aromatic carbocycles. The van der Waals surface area contributed by atoms with Crippen LogP contribution < -0.4 is 15.5 Å². The Morgan fingerprint density at radius 2 is 1.86 bits per heavy atom. The van der Waals surface area contributed by atoms with Crippen LogP contribution in [0, 0.1) is 0 Å². The molecule has 3 aromatic rings. The summed E-state index contributed by atoms with van der Waals surface area (Å²) in [6.45, 7) is 6.30. The minimum absolute atomic E-state index is 0. The highest BCUT2D eigenvalue weighted by Gasteiger charge is 2.32. The maximum Gasteiger partial charge on any atom is 0.226 e. The van der Waals surface area contributed by atoms with Crippen molar-refractivity contribution in [1.82, 2.24) is 14.9 Å². The molecule has 1 aromatic heterocycles. The van der Waals surface area contributed by atoms with Gasteiger partial charge in [-0.05, 0) is 49.2 Å². The van der Waals surface area contributed by atoms with E-state index in [0.29, 0.717) is 24.2 Å². The number of carbonyl (C=O) groups is 2. The summed E-state index contributed by atoms with van der Waals surface area (Å²) < 4.78 is 2.01. The quantitative estimate of drug-likeness (QED) is 0.479. The number of rotatable bonds is 5. The van der Waals surface area contributed by atoms with Gasteiger partial charge < -0.3 is 20.1 Å². The van der Waals surface area contributed by atoms with Crippen LogP contribution in [0.3, 0.4) is 0 Å². The largest absolute Gasteiger partial charge is 0.378 e. The van der Waals surface area contributed by atoms with Crippen LogP contribution in [0.5, 0.6) is 0 Å². The number of benzene rings is 2. The third-order valence-corrected chi connectivity index (χ3v) is 6.61. The molecule has 0 spiro atoms. The van der Waals surface area contributed by atoms with E-state index < -0.39 is 0 Å². The number of nitrogens with zero attached hydrogens (tertiary/aromatic N) is 3. The second-order valence-electron chi connectivity index (χ2n) is 8.75. The third-order valence-electron chi connectivity index (χ3n) is 6.61. The van der Waals surface area contributed by atoms with Crippen molar-refractivity contribution < 1.29 is 9.59 Å². The number of anilines is 2. The molecular weight excluding hydrogens is 485 g/mol. The molecule has 0 saturated heterocycles. The van der Waals surface area contributed by atoms with Gasteiger partial charge in [0.2, 0.25) is 11.7 Å². The number of imidazole rings is 1. The molecule has 0 radical (unpaired) electrons. The van der Waals surface area contributed by atoms with Crippen LogP contribution in [0.1, 0.15) is 60.2 Å². The standard InChI is InChI=1S/C26H29N5O2.2ClH/c1-3-25(32)31-17(2)14-21(20-6-4-5-7-22(20)31)29-19-10-8-18(9-11-19)26(33)23-15-28-24-16-27-12-13-30(23)24;;/h4-11,15,17,21,27,29H,3,12-14,16H2,1-2H3;2*1H/t17-,21+;;/m0../s1. The van der Waals surface area contributed by atoms with Gasteiger partial charge in [0, 0.05) is 42.5 Å². The number of carbonyl (C=O) groups excluding carboxylic acids is 2. The zero-order valence-corrected chi connectivity index (χ0v) is 21.5. The van der Waals surface area contributed by atoms with Gasteiger partial charge in [-0.25, -0.2) is 4.98 Å². The Balaban J connectivity index is 0.00000171. The molecule has 2 atom stereocenters. The van der Waals surface area contributed by atoms with Crippen molar-refractivity contribution in [3.8, 4) is 0 Å². The number of nitrogens with one attached hydrogen (secondary N) is 2. The predicted molar refractivity (Wildman–Crippen MR) is 143 cm³/mol. The highest BCUT2D eigenvalue weighted by molar-refractivity contribution is 6.08. The van der Waals surface area contributed by atoms with E-state index in [-0.39, 0.29) is 48.6 Å². The number of para-hydroxylation sites is 1. The summed E-state index contributed by atoms with van der Waals surface area (Å²) in [7, 11) is 0. The van der Waals surface area contributed by atoms with Crippen LogP contribution in [-0.2, 0) is 17.9 Å². The van der Waals surface area contributed by atoms with E-state index >= 15 is 0 Å². The summed E-state index contributed by atoms with van der Waals surface area (Å²) in [6, 6.07) is 16.0. The molecule has 2 N–H and O–H groups in total. The summed E-state index contributed by atoms with van der Waals surface area (Å²) in [6.07, 6.45) is 2.99. The van der Waals surface area contributed by atoms with E-state index in [1.165, 1.54) is 0 Å². The SMILES string of the molecule is CCC(=O)N1c2ccccc2[C@H](Nc2ccc(C(=O)c3cnc4n3CCNC4)cc2)C[C@@H]1C.Cl.Cl. The summed E-state index contributed by atoms with van der Waals surface area (Å²) in [5.74, 6) is 1.05. The van der Waals surface area contributed by atoms with E-state index in [2.05, 4.69) is 28.6 Å². The lowest BCUT2D eigenvalue weighted by atomic mass is 9.91. The van der Waals surface area contributed by atoms with E-state index in [4.69, 9.17) is 0 Å². The molecule has 0 bridgehead atoms. The van der Waals surface area contributed by atoms with Gasteiger partial charge >= 0.3 is 0 Å². The van der Waals surface area contributed by atoms with Crippen LogP contribution >= 0.6 is 24.8 Å². The molecule has 186 valence electrons. The molecule has 2 aliphatic rings. The van der Waals surface area contributed by atoms with E-state index in [9.17, 15) is 9.59 Å². The number of ketones is 1. The molecular formula is C26H31Cl2N5O2. The number of hydrogen-bond acceptors (Lipinski definition) is 5. The van der Waals surface area contributed by atoms with Crippen molar-refractivity contribution >= 4 is 47.9 Å². The fraction of sp³-hybridized carbons (Fsp3) is 0.346. The molecule has 2 aliphatic heterocycles. The zero-order chi connectivity index (χ0) is 22.9. The van der Waals surface area contributed by atoms with Crippen molar-refractivity contribution in [2.75, 3.05) is 16.8 Å². The number of fused-ring (bicyclic) bond motifs is 2. The lowest BCUT2D eigenvalue weighted by molar-refractivity contribution is -0.118. The van der Waals surface area contributed by atoms with Gasteiger partial charge in [0.05, 0.1) is 18.8 Å². The first-order valence-corrected chi connectivity index (χ1v) is 11.6. The first-order chi connectivity index (χ1) is 16.1. The van der Waals surface area contributed by atoms with Gasteiger partial charge in [0.25, 0.3) is 0 Å². The summed E-state index contributed by atoms with van der Waals surface area (Å²) in [5, 5.41) is 6.90. The molecule has 7 nitrogen and oxygen atoms in total. The summed E-state index contributed by atoms with van der Waals surface area (Å²) in [5.41, 5.74) is 4.35. The number of hydrogen-bond donors (Lipinski definition) is 2. The van der Waals surface area contributed by atoms with Gasteiger partial charge in [-0.3, -0.25) is 9.59 Å².